The molecular formula is C17H23N3O6. The molecule has 4 N–H and O–H groups in total. The lowest BCUT2D eigenvalue weighted by Gasteiger charge is -2.20. The fourth-order valence-corrected chi connectivity index (χ4v) is 1.80. The lowest BCUT2D eigenvalue weighted by Crippen LogP contribution is -2.25. The van der Waals surface area contributed by atoms with Crippen molar-refractivity contribution >= 4 is 29.4 Å². The van der Waals surface area contributed by atoms with Gasteiger partial charge in [0, 0.05) is 5.56 Å². The zero-order chi connectivity index (χ0) is 19.9. The predicted molar refractivity (Wildman–Crippen MR) is 94.1 cm³/mol. The van der Waals surface area contributed by atoms with Crippen LogP contribution in [0, 0.1) is 0 Å². The number of para-hydroxylation sites is 1. The highest BCUT2D eigenvalue weighted by Crippen LogP contribution is 2.21. The van der Waals surface area contributed by atoms with Gasteiger partial charge in [-0.3, -0.25) is 4.79 Å². The maximum Gasteiger partial charge on any atom is 0.340 e. The summed E-state index contributed by atoms with van der Waals surface area (Å²) in [5, 5.41) is 3.49. The molecule has 26 heavy (non-hydrogen) atoms. The van der Waals surface area contributed by atoms with Crippen molar-refractivity contribution in [2.24, 2.45) is 10.9 Å². The molecule has 9 heteroatoms. The van der Waals surface area contributed by atoms with Crippen LogP contribution in [0.15, 0.2) is 23.4 Å². The fraction of sp³-hybridized carbons (Fsp3) is 0.412. The Hall–Kier alpha value is -3.10. The monoisotopic (exact) mass is 365 g/mol. The van der Waals surface area contributed by atoms with Gasteiger partial charge in [-0.25, -0.2) is 9.59 Å². The molecular weight excluding hydrogens is 342 g/mol. The van der Waals surface area contributed by atoms with Crippen LogP contribution in [0.1, 0.15) is 49.5 Å². The molecule has 0 aromatic heterocycles. The second kappa shape index (κ2) is 8.84. The third kappa shape index (κ3) is 6.42. The number of benzene rings is 1. The number of methoxy groups -OCH3 is 1. The number of carbonyl (C=O) groups is 3. The number of esters is 2. The Balaban J connectivity index is 2.88. The number of carbonyl (C=O) groups excluding carboxylic acids is 3. The first-order chi connectivity index (χ1) is 12.0. The third-order valence-corrected chi connectivity index (χ3v) is 3.01. The van der Waals surface area contributed by atoms with Crippen LogP contribution in [-0.4, -0.2) is 36.5 Å². The Morgan fingerprint density at radius 3 is 2.23 bits per heavy atom. The van der Waals surface area contributed by atoms with E-state index < -0.39 is 23.5 Å². The first-order valence-electron chi connectivity index (χ1n) is 7.77. The molecule has 0 aliphatic carbocycles. The van der Waals surface area contributed by atoms with Gasteiger partial charge in [-0.2, -0.15) is 0 Å². The number of ether oxygens (including phenoxy) is 2. The van der Waals surface area contributed by atoms with Crippen molar-refractivity contribution in [2.45, 2.75) is 39.2 Å². The van der Waals surface area contributed by atoms with Crippen molar-refractivity contribution in [1.29, 1.82) is 0 Å². The molecule has 0 saturated carbocycles. The molecule has 0 fully saturated rings. The molecule has 0 heterocycles. The van der Waals surface area contributed by atoms with Gasteiger partial charge < -0.3 is 25.8 Å². The Bertz CT molecular complexity index is 722. The van der Waals surface area contributed by atoms with Crippen molar-refractivity contribution in [3.05, 3.63) is 29.3 Å². The van der Waals surface area contributed by atoms with E-state index in [1.54, 1.807) is 26.8 Å². The summed E-state index contributed by atoms with van der Waals surface area (Å²) in [7, 11) is 1.21. The van der Waals surface area contributed by atoms with E-state index in [1.165, 1.54) is 19.2 Å². The van der Waals surface area contributed by atoms with Crippen LogP contribution >= 0.6 is 0 Å². The zero-order valence-electron chi connectivity index (χ0n) is 15.2. The van der Waals surface area contributed by atoms with E-state index in [0.717, 1.165) is 0 Å². The van der Waals surface area contributed by atoms with Crippen LogP contribution in [0.3, 0.4) is 0 Å². The molecule has 1 rings (SSSR count). The van der Waals surface area contributed by atoms with E-state index in [2.05, 4.69) is 14.7 Å². The Kier molecular flexibility index (Phi) is 7.12. The van der Waals surface area contributed by atoms with Crippen molar-refractivity contribution in [3.63, 3.8) is 0 Å². The number of hydrogen-bond donors (Lipinski definition) is 2. The van der Waals surface area contributed by atoms with E-state index in [0.29, 0.717) is 0 Å². The van der Waals surface area contributed by atoms with Gasteiger partial charge in [0.05, 0.1) is 31.2 Å². The second-order valence-electron chi connectivity index (χ2n) is 6.28. The SMILES string of the molecule is COC(=O)CCC(=O)ON=C(N)c1cccc(C(=O)OC(C)(C)C)c1N. The van der Waals surface area contributed by atoms with E-state index >= 15 is 0 Å². The van der Waals surface area contributed by atoms with Crippen LogP contribution < -0.4 is 11.5 Å². The second-order valence-corrected chi connectivity index (χ2v) is 6.28. The van der Waals surface area contributed by atoms with E-state index in [-0.39, 0.29) is 35.5 Å². The van der Waals surface area contributed by atoms with Crippen molar-refractivity contribution in [1.82, 2.24) is 0 Å². The predicted octanol–water partition coefficient (Wildman–Crippen LogP) is 1.34. The third-order valence-electron chi connectivity index (χ3n) is 3.01. The minimum absolute atomic E-state index is 0.0496. The lowest BCUT2D eigenvalue weighted by atomic mass is 10.1. The standard InChI is InChI=1S/C17H23N3O6/c1-17(2,3)25-16(23)11-7-5-6-10(14(11)18)15(19)20-26-13(22)9-8-12(21)24-4/h5-7H,8-9,18H2,1-4H3,(H2,19,20). The smallest absolute Gasteiger partial charge is 0.340 e. The summed E-state index contributed by atoms with van der Waals surface area (Å²) in [4.78, 5) is 39.3. The number of amidine groups is 1. The lowest BCUT2D eigenvalue weighted by molar-refractivity contribution is -0.148. The van der Waals surface area contributed by atoms with Gasteiger partial charge in [-0.15, -0.1) is 0 Å². The van der Waals surface area contributed by atoms with Gasteiger partial charge >= 0.3 is 17.9 Å². The topological polar surface area (TPSA) is 143 Å². The van der Waals surface area contributed by atoms with Crippen molar-refractivity contribution in [3.8, 4) is 0 Å². The first kappa shape index (κ1) is 20.9. The number of rotatable bonds is 6. The summed E-state index contributed by atoms with van der Waals surface area (Å²) in [5.41, 5.74) is 11.4. The summed E-state index contributed by atoms with van der Waals surface area (Å²) in [6, 6.07) is 4.55. The van der Waals surface area contributed by atoms with Gasteiger partial charge in [0.2, 0.25) is 0 Å². The molecule has 0 aliphatic rings. The molecule has 0 bridgehead atoms. The van der Waals surface area contributed by atoms with E-state index in [9.17, 15) is 14.4 Å². The maximum absolute atomic E-state index is 12.2. The minimum atomic E-state index is -0.764. The first-order valence-corrected chi connectivity index (χ1v) is 7.77. The highest BCUT2D eigenvalue weighted by Gasteiger charge is 2.21. The Morgan fingerprint density at radius 1 is 1.08 bits per heavy atom. The number of oxime groups is 1. The molecule has 1 aromatic rings. The summed E-state index contributed by atoms with van der Waals surface area (Å²) in [6.07, 6.45) is -0.349. The van der Waals surface area contributed by atoms with Crippen LogP contribution in [0.25, 0.3) is 0 Å². The molecule has 0 atom stereocenters. The Morgan fingerprint density at radius 2 is 1.65 bits per heavy atom. The summed E-state index contributed by atoms with van der Waals surface area (Å²) in [6.45, 7) is 5.19. The fourth-order valence-electron chi connectivity index (χ4n) is 1.80. The van der Waals surface area contributed by atoms with Crippen LogP contribution in [0.2, 0.25) is 0 Å². The quantitative estimate of drug-likeness (QED) is 0.192. The number of hydrogen-bond acceptors (Lipinski definition) is 8. The molecule has 9 nitrogen and oxygen atoms in total. The van der Waals surface area contributed by atoms with Crippen LogP contribution in [-0.2, 0) is 23.9 Å². The highest BCUT2D eigenvalue weighted by molar-refractivity contribution is 6.07. The van der Waals surface area contributed by atoms with Gasteiger partial charge in [-0.1, -0.05) is 11.2 Å². The zero-order valence-corrected chi connectivity index (χ0v) is 15.2. The molecule has 0 radical (unpaired) electrons. The van der Waals surface area contributed by atoms with E-state index in [1.807, 2.05) is 0 Å². The molecule has 0 amide bonds. The average Bonchev–Trinajstić information content (AvgIpc) is 2.55. The average molecular weight is 365 g/mol. The molecule has 142 valence electrons. The Labute approximate surface area is 151 Å². The molecule has 0 unspecified atom stereocenters. The molecule has 1 aromatic carbocycles. The van der Waals surface area contributed by atoms with Gasteiger partial charge in [0.25, 0.3) is 0 Å². The van der Waals surface area contributed by atoms with Gasteiger partial charge in [0.1, 0.15) is 5.60 Å². The number of nitrogens with zero attached hydrogens (tertiary/aromatic N) is 1. The summed E-state index contributed by atoms with van der Waals surface area (Å²) >= 11 is 0. The summed E-state index contributed by atoms with van der Waals surface area (Å²) in [5.74, 6) is -2.12. The van der Waals surface area contributed by atoms with Crippen molar-refractivity contribution in [2.75, 3.05) is 12.8 Å². The molecule has 0 aliphatic heterocycles. The largest absolute Gasteiger partial charge is 0.469 e. The van der Waals surface area contributed by atoms with E-state index in [4.69, 9.17) is 16.2 Å². The number of nitrogen functional groups attached to an aromatic ring is 1. The highest BCUT2D eigenvalue weighted by atomic mass is 16.7. The normalized spacial score (nSPS) is 11.6. The number of nitrogens with two attached hydrogens (primary N) is 2. The summed E-state index contributed by atoms with van der Waals surface area (Å²) < 4.78 is 9.69. The molecule has 0 saturated heterocycles. The van der Waals surface area contributed by atoms with Crippen LogP contribution in [0.4, 0.5) is 5.69 Å². The molecule has 0 spiro atoms. The van der Waals surface area contributed by atoms with Gasteiger partial charge in [0.15, 0.2) is 5.84 Å². The number of anilines is 1. The van der Waals surface area contributed by atoms with Gasteiger partial charge in [-0.05, 0) is 32.9 Å². The van der Waals surface area contributed by atoms with Crippen molar-refractivity contribution < 1.29 is 28.7 Å². The van der Waals surface area contributed by atoms with Crippen LogP contribution in [0.5, 0.6) is 0 Å². The minimum Gasteiger partial charge on any atom is -0.469 e. The maximum atomic E-state index is 12.2.